The molecule has 3 aliphatic heterocycles. The number of piperidine rings is 1. The predicted octanol–water partition coefficient (Wildman–Crippen LogP) is 2.00. The van der Waals surface area contributed by atoms with Crippen molar-refractivity contribution in [2.45, 2.75) is 38.3 Å². The van der Waals surface area contributed by atoms with Crippen LogP contribution in [0.5, 0.6) is 0 Å². The Kier molecular flexibility index (Phi) is 4.97. The summed E-state index contributed by atoms with van der Waals surface area (Å²) in [7, 11) is 1.88. The van der Waals surface area contributed by atoms with Crippen LogP contribution in [0.1, 0.15) is 30.4 Å². The number of carbonyl (C=O) groups is 2. The third-order valence-electron chi connectivity index (χ3n) is 5.73. The van der Waals surface area contributed by atoms with E-state index < -0.39 is 0 Å². The maximum Gasteiger partial charge on any atom is 0.228 e. The predicted molar refractivity (Wildman–Crippen MR) is 102 cm³/mol. The van der Waals surface area contributed by atoms with Gasteiger partial charge in [0.2, 0.25) is 11.8 Å². The van der Waals surface area contributed by atoms with Crippen LogP contribution in [0, 0.1) is 5.92 Å². The van der Waals surface area contributed by atoms with Crippen LogP contribution in [0.2, 0.25) is 0 Å². The zero-order chi connectivity index (χ0) is 18.8. The van der Waals surface area contributed by atoms with Gasteiger partial charge in [0.15, 0.2) is 0 Å². The third kappa shape index (κ3) is 3.89. The maximum absolute atomic E-state index is 12.9. The SMILES string of the molecule is Cn1cc(CCC(=O)N2C[C@H]3CC[C@@H](C2)N(Cc2ccccc2)C3=O)cn1. The van der Waals surface area contributed by atoms with E-state index in [1.807, 2.05) is 47.4 Å². The topological polar surface area (TPSA) is 58.4 Å². The first-order valence-electron chi connectivity index (χ1n) is 9.70. The minimum Gasteiger partial charge on any atom is -0.340 e. The normalized spacial score (nSPS) is 22.2. The van der Waals surface area contributed by atoms with Crippen LogP contribution in [-0.4, -0.2) is 50.5 Å². The van der Waals surface area contributed by atoms with Gasteiger partial charge in [-0.05, 0) is 30.4 Å². The molecule has 6 heteroatoms. The summed E-state index contributed by atoms with van der Waals surface area (Å²) in [4.78, 5) is 29.6. The van der Waals surface area contributed by atoms with Crippen molar-refractivity contribution in [3.63, 3.8) is 0 Å². The molecule has 0 N–H and O–H groups in total. The Morgan fingerprint density at radius 3 is 2.70 bits per heavy atom. The Morgan fingerprint density at radius 2 is 1.96 bits per heavy atom. The maximum atomic E-state index is 12.9. The fraction of sp³-hybridized carbons (Fsp3) is 0.476. The number of aromatic nitrogens is 2. The second-order valence-corrected chi connectivity index (χ2v) is 7.70. The van der Waals surface area contributed by atoms with Crippen LogP contribution in [0.3, 0.4) is 0 Å². The first kappa shape index (κ1) is 17.8. The van der Waals surface area contributed by atoms with Crippen molar-refractivity contribution in [3.8, 4) is 0 Å². The number of amides is 2. The highest BCUT2D eigenvalue weighted by Gasteiger charge is 2.41. The number of hydrogen-bond donors (Lipinski definition) is 0. The molecule has 4 heterocycles. The van der Waals surface area contributed by atoms with Crippen molar-refractivity contribution in [3.05, 3.63) is 53.9 Å². The lowest BCUT2D eigenvalue weighted by Crippen LogP contribution is -2.47. The van der Waals surface area contributed by atoms with Gasteiger partial charge in [-0.2, -0.15) is 5.10 Å². The monoisotopic (exact) mass is 366 g/mol. The van der Waals surface area contributed by atoms with Crippen molar-refractivity contribution >= 4 is 11.8 Å². The van der Waals surface area contributed by atoms with E-state index in [1.54, 1.807) is 4.68 Å². The molecule has 0 aliphatic carbocycles. The van der Waals surface area contributed by atoms with Gasteiger partial charge in [-0.1, -0.05) is 30.3 Å². The Hall–Kier alpha value is -2.63. The number of benzene rings is 1. The molecule has 2 atom stereocenters. The number of carbonyl (C=O) groups excluding carboxylic acids is 2. The van der Waals surface area contributed by atoms with Crippen LogP contribution >= 0.6 is 0 Å². The van der Waals surface area contributed by atoms with Gasteiger partial charge < -0.3 is 9.80 Å². The number of hydrogen-bond acceptors (Lipinski definition) is 3. The smallest absolute Gasteiger partial charge is 0.228 e. The van der Waals surface area contributed by atoms with E-state index in [4.69, 9.17) is 0 Å². The van der Waals surface area contributed by atoms with Gasteiger partial charge in [-0.3, -0.25) is 14.3 Å². The second kappa shape index (κ2) is 7.55. The molecule has 6 nitrogen and oxygen atoms in total. The van der Waals surface area contributed by atoms with Crippen LogP contribution in [-0.2, 0) is 29.6 Å². The highest BCUT2D eigenvalue weighted by molar-refractivity contribution is 5.83. The van der Waals surface area contributed by atoms with Crippen molar-refractivity contribution in [2.75, 3.05) is 13.1 Å². The molecule has 27 heavy (non-hydrogen) atoms. The molecule has 3 saturated heterocycles. The minimum atomic E-state index is -0.0604. The van der Waals surface area contributed by atoms with E-state index in [9.17, 15) is 9.59 Å². The van der Waals surface area contributed by atoms with Gasteiger partial charge in [0.05, 0.1) is 12.1 Å². The molecule has 3 aliphatic rings. The Morgan fingerprint density at radius 1 is 1.15 bits per heavy atom. The number of aryl methyl sites for hydroxylation is 2. The van der Waals surface area contributed by atoms with Gasteiger partial charge >= 0.3 is 0 Å². The molecular weight excluding hydrogens is 340 g/mol. The summed E-state index contributed by atoms with van der Waals surface area (Å²) in [6.07, 6.45) is 6.80. The summed E-state index contributed by atoms with van der Waals surface area (Å²) in [6, 6.07) is 10.2. The van der Waals surface area contributed by atoms with Crippen LogP contribution in [0.15, 0.2) is 42.7 Å². The first-order chi connectivity index (χ1) is 13.1. The van der Waals surface area contributed by atoms with E-state index in [2.05, 4.69) is 17.2 Å². The molecule has 1 aromatic carbocycles. The van der Waals surface area contributed by atoms with Gasteiger partial charge in [0.25, 0.3) is 0 Å². The van der Waals surface area contributed by atoms with E-state index in [0.717, 1.165) is 24.0 Å². The number of rotatable bonds is 5. The lowest BCUT2D eigenvalue weighted by molar-refractivity contribution is -0.140. The molecule has 2 amide bonds. The lowest BCUT2D eigenvalue weighted by atomic mass is 9.93. The van der Waals surface area contributed by atoms with Crippen LogP contribution in [0.4, 0.5) is 0 Å². The highest BCUT2D eigenvalue weighted by Crippen LogP contribution is 2.30. The van der Waals surface area contributed by atoms with Gasteiger partial charge in [0.1, 0.15) is 0 Å². The van der Waals surface area contributed by atoms with Gasteiger partial charge in [0, 0.05) is 45.3 Å². The summed E-state index contributed by atoms with van der Waals surface area (Å²) in [5, 5.41) is 4.16. The average molecular weight is 366 g/mol. The second-order valence-electron chi connectivity index (χ2n) is 7.70. The summed E-state index contributed by atoms with van der Waals surface area (Å²) in [6.45, 7) is 1.85. The third-order valence-corrected chi connectivity index (χ3v) is 5.73. The fourth-order valence-corrected chi connectivity index (χ4v) is 4.24. The lowest BCUT2D eigenvalue weighted by Gasteiger charge is -2.36. The molecule has 1 aromatic heterocycles. The Bertz CT molecular complexity index is 817. The molecule has 0 saturated carbocycles. The van der Waals surface area contributed by atoms with Gasteiger partial charge in [-0.25, -0.2) is 0 Å². The van der Waals surface area contributed by atoms with E-state index in [1.165, 1.54) is 0 Å². The standard InChI is InChI=1S/C21H26N4O2/c1-23-12-17(11-22-23)7-10-20(26)24-14-18-8-9-19(15-24)25(21(18)27)13-16-5-3-2-4-6-16/h2-6,11-12,18-19H,7-10,13-15H2,1H3/t18-,19+/m1/s1. The summed E-state index contributed by atoms with van der Waals surface area (Å²) in [5.41, 5.74) is 2.22. The summed E-state index contributed by atoms with van der Waals surface area (Å²) < 4.78 is 1.76. The molecule has 0 unspecified atom stereocenters. The van der Waals surface area contributed by atoms with Crippen molar-refractivity contribution in [1.82, 2.24) is 19.6 Å². The highest BCUT2D eigenvalue weighted by atomic mass is 16.2. The zero-order valence-corrected chi connectivity index (χ0v) is 15.8. The molecule has 2 aromatic rings. The number of fused-ring (bicyclic) bond motifs is 4. The summed E-state index contributed by atoms with van der Waals surface area (Å²) >= 11 is 0. The molecule has 5 rings (SSSR count). The van der Waals surface area contributed by atoms with Crippen molar-refractivity contribution in [1.29, 1.82) is 0 Å². The van der Waals surface area contributed by atoms with E-state index in [-0.39, 0.29) is 23.8 Å². The zero-order valence-electron chi connectivity index (χ0n) is 15.8. The average Bonchev–Trinajstić information content (AvgIpc) is 2.91. The summed E-state index contributed by atoms with van der Waals surface area (Å²) in [5.74, 6) is 0.289. The van der Waals surface area contributed by atoms with Crippen LogP contribution < -0.4 is 0 Å². The number of nitrogens with zero attached hydrogens (tertiary/aromatic N) is 4. The van der Waals surface area contributed by atoms with Gasteiger partial charge in [-0.15, -0.1) is 0 Å². The molecular formula is C21H26N4O2. The fourth-order valence-electron chi connectivity index (χ4n) is 4.24. The van der Waals surface area contributed by atoms with Crippen molar-refractivity contribution in [2.24, 2.45) is 13.0 Å². The molecule has 0 radical (unpaired) electrons. The molecule has 0 spiro atoms. The van der Waals surface area contributed by atoms with Crippen LogP contribution in [0.25, 0.3) is 0 Å². The first-order valence-corrected chi connectivity index (χ1v) is 9.70. The Balaban J connectivity index is 1.42. The van der Waals surface area contributed by atoms with E-state index >= 15 is 0 Å². The Labute approximate surface area is 159 Å². The van der Waals surface area contributed by atoms with Crippen molar-refractivity contribution < 1.29 is 9.59 Å². The quantitative estimate of drug-likeness (QED) is 0.813. The molecule has 142 valence electrons. The minimum absolute atomic E-state index is 0.0604. The van der Waals surface area contributed by atoms with E-state index in [0.29, 0.717) is 32.5 Å². The largest absolute Gasteiger partial charge is 0.340 e. The molecule has 2 bridgehead atoms. The molecule has 3 fully saturated rings.